The Labute approximate surface area is 130 Å². The second kappa shape index (κ2) is 10.1. The van der Waals surface area contributed by atoms with Gasteiger partial charge in [0.05, 0.1) is 11.7 Å². The fourth-order valence-electron chi connectivity index (χ4n) is 1.82. The van der Waals surface area contributed by atoms with E-state index < -0.39 is 6.04 Å². The summed E-state index contributed by atoms with van der Waals surface area (Å²) < 4.78 is 5.26. The molecular formula is C13H24ClN3O2S. The summed E-state index contributed by atoms with van der Waals surface area (Å²) in [5, 5.41) is 6.89. The van der Waals surface area contributed by atoms with E-state index in [1.54, 1.807) is 11.8 Å². The summed E-state index contributed by atoms with van der Waals surface area (Å²) in [6.45, 7) is 4.48. The molecule has 5 nitrogen and oxygen atoms in total. The van der Waals surface area contributed by atoms with Gasteiger partial charge in [0, 0.05) is 18.5 Å². The van der Waals surface area contributed by atoms with Gasteiger partial charge in [0.2, 0.25) is 5.91 Å². The molecule has 1 heterocycles. The van der Waals surface area contributed by atoms with Crippen LogP contribution < -0.4 is 11.1 Å². The molecule has 20 heavy (non-hydrogen) atoms. The lowest BCUT2D eigenvalue weighted by Gasteiger charge is -2.11. The molecule has 1 rings (SSSR count). The standard InChI is InChI=1S/C13H23N3O2S.ClH/c1-4-11-9(12(5-2)18-16-11)8-15-13(17)10(14)6-7-19-3;/h10H,4-8,14H2,1-3H3,(H,15,17);1H/t10-;/m0./s1. The SMILES string of the molecule is CCc1noc(CC)c1CNC(=O)[C@@H](N)CCSC.Cl. The molecule has 1 atom stereocenters. The van der Waals surface area contributed by atoms with Gasteiger partial charge in [0.25, 0.3) is 0 Å². The van der Waals surface area contributed by atoms with E-state index in [4.69, 9.17) is 10.3 Å². The number of aryl methyl sites for hydroxylation is 2. The molecule has 1 aromatic heterocycles. The number of nitrogens with one attached hydrogen (secondary N) is 1. The molecule has 0 radical (unpaired) electrons. The number of amides is 1. The fraction of sp³-hybridized carbons (Fsp3) is 0.692. The number of nitrogens with zero attached hydrogens (tertiary/aromatic N) is 1. The number of aromatic nitrogens is 1. The van der Waals surface area contributed by atoms with Crippen molar-refractivity contribution in [3.8, 4) is 0 Å². The van der Waals surface area contributed by atoms with Crippen LogP contribution in [-0.2, 0) is 24.2 Å². The number of hydrogen-bond acceptors (Lipinski definition) is 5. The van der Waals surface area contributed by atoms with Gasteiger partial charge in [-0.25, -0.2) is 0 Å². The molecule has 0 spiro atoms. The van der Waals surface area contributed by atoms with Crippen molar-refractivity contribution in [2.24, 2.45) is 5.73 Å². The van der Waals surface area contributed by atoms with Crippen LogP contribution in [0.5, 0.6) is 0 Å². The maximum atomic E-state index is 11.8. The predicted octanol–water partition coefficient (Wildman–Crippen LogP) is 1.92. The highest BCUT2D eigenvalue weighted by Gasteiger charge is 2.17. The first kappa shape index (κ1) is 19.3. The van der Waals surface area contributed by atoms with E-state index >= 15 is 0 Å². The van der Waals surface area contributed by atoms with E-state index in [0.29, 0.717) is 13.0 Å². The first-order valence-electron chi connectivity index (χ1n) is 6.62. The molecule has 0 aromatic carbocycles. The number of carbonyl (C=O) groups excluding carboxylic acids is 1. The van der Waals surface area contributed by atoms with Crippen molar-refractivity contribution >= 4 is 30.1 Å². The highest BCUT2D eigenvalue weighted by molar-refractivity contribution is 7.98. The summed E-state index contributed by atoms with van der Waals surface area (Å²) in [6, 6.07) is -0.442. The van der Waals surface area contributed by atoms with E-state index in [2.05, 4.69) is 10.5 Å². The smallest absolute Gasteiger partial charge is 0.237 e. The van der Waals surface area contributed by atoms with Gasteiger partial charge in [0.1, 0.15) is 5.76 Å². The highest BCUT2D eigenvalue weighted by atomic mass is 35.5. The van der Waals surface area contributed by atoms with Crippen LogP contribution in [0, 0.1) is 0 Å². The van der Waals surface area contributed by atoms with Crippen LogP contribution in [0.15, 0.2) is 4.52 Å². The van der Waals surface area contributed by atoms with Crippen molar-refractivity contribution in [1.82, 2.24) is 10.5 Å². The Kier molecular flexibility index (Phi) is 9.71. The van der Waals surface area contributed by atoms with Crippen LogP contribution in [0.25, 0.3) is 0 Å². The van der Waals surface area contributed by atoms with E-state index in [9.17, 15) is 4.79 Å². The zero-order valence-corrected chi connectivity index (χ0v) is 13.9. The first-order valence-corrected chi connectivity index (χ1v) is 8.01. The second-order valence-electron chi connectivity index (χ2n) is 4.34. The average Bonchev–Trinajstić information content (AvgIpc) is 2.83. The molecule has 0 saturated carbocycles. The van der Waals surface area contributed by atoms with Crippen molar-refractivity contribution in [3.05, 3.63) is 17.0 Å². The van der Waals surface area contributed by atoms with Gasteiger partial charge < -0.3 is 15.6 Å². The van der Waals surface area contributed by atoms with Crippen LogP contribution in [-0.4, -0.2) is 29.1 Å². The summed E-state index contributed by atoms with van der Waals surface area (Å²) in [4.78, 5) is 11.8. The summed E-state index contributed by atoms with van der Waals surface area (Å²) >= 11 is 1.69. The van der Waals surface area contributed by atoms with E-state index in [1.807, 2.05) is 20.1 Å². The minimum absolute atomic E-state index is 0. The molecule has 3 N–H and O–H groups in total. The van der Waals surface area contributed by atoms with Crippen LogP contribution in [0.3, 0.4) is 0 Å². The molecule has 0 aliphatic rings. The normalized spacial score (nSPS) is 11.8. The number of halogens is 1. The van der Waals surface area contributed by atoms with Gasteiger partial charge in [-0.1, -0.05) is 19.0 Å². The molecule has 0 fully saturated rings. The largest absolute Gasteiger partial charge is 0.361 e. The lowest BCUT2D eigenvalue weighted by molar-refractivity contribution is -0.122. The van der Waals surface area contributed by atoms with Crippen LogP contribution >= 0.6 is 24.2 Å². The van der Waals surface area contributed by atoms with E-state index in [0.717, 1.165) is 35.6 Å². The summed E-state index contributed by atoms with van der Waals surface area (Å²) in [6.07, 6.45) is 4.27. The molecule has 0 bridgehead atoms. The summed E-state index contributed by atoms with van der Waals surface area (Å²) in [5.41, 5.74) is 7.73. The average molecular weight is 322 g/mol. The van der Waals surface area contributed by atoms with Gasteiger partial charge in [-0.2, -0.15) is 11.8 Å². The Morgan fingerprint density at radius 1 is 1.45 bits per heavy atom. The zero-order valence-electron chi connectivity index (χ0n) is 12.3. The van der Waals surface area contributed by atoms with Gasteiger partial charge in [-0.05, 0) is 24.9 Å². The van der Waals surface area contributed by atoms with Crippen molar-refractivity contribution < 1.29 is 9.32 Å². The van der Waals surface area contributed by atoms with E-state index in [-0.39, 0.29) is 18.3 Å². The lowest BCUT2D eigenvalue weighted by atomic mass is 10.1. The highest BCUT2D eigenvalue weighted by Crippen LogP contribution is 2.15. The van der Waals surface area contributed by atoms with Gasteiger partial charge in [-0.3, -0.25) is 4.79 Å². The lowest BCUT2D eigenvalue weighted by Crippen LogP contribution is -2.40. The van der Waals surface area contributed by atoms with Crippen molar-refractivity contribution in [3.63, 3.8) is 0 Å². The molecule has 0 aliphatic heterocycles. The Balaban J connectivity index is 0.00000361. The third-order valence-electron chi connectivity index (χ3n) is 3.02. The van der Waals surface area contributed by atoms with Crippen molar-refractivity contribution in [2.45, 2.75) is 45.7 Å². The third kappa shape index (κ3) is 5.34. The Bertz CT molecular complexity index is 391. The number of rotatable bonds is 8. The monoisotopic (exact) mass is 321 g/mol. The van der Waals surface area contributed by atoms with Crippen molar-refractivity contribution in [1.29, 1.82) is 0 Å². The summed E-state index contributed by atoms with van der Waals surface area (Å²) in [5.74, 6) is 1.62. The number of hydrogen-bond donors (Lipinski definition) is 2. The minimum atomic E-state index is -0.442. The van der Waals surface area contributed by atoms with Gasteiger partial charge in [-0.15, -0.1) is 12.4 Å². The Morgan fingerprint density at radius 3 is 2.70 bits per heavy atom. The van der Waals surface area contributed by atoms with Crippen LogP contribution in [0.4, 0.5) is 0 Å². The maximum absolute atomic E-state index is 11.8. The molecule has 116 valence electrons. The topological polar surface area (TPSA) is 81.2 Å². The first-order chi connectivity index (χ1) is 9.13. The second-order valence-corrected chi connectivity index (χ2v) is 5.33. The molecule has 7 heteroatoms. The van der Waals surface area contributed by atoms with Gasteiger partial charge >= 0.3 is 0 Å². The molecule has 0 unspecified atom stereocenters. The predicted molar refractivity (Wildman–Crippen MR) is 85.3 cm³/mol. The zero-order chi connectivity index (χ0) is 14.3. The molecular weight excluding hydrogens is 298 g/mol. The van der Waals surface area contributed by atoms with Crippen molar-refractivity contribution in [2.75, 3.05) is 12.0 Å². The summed E-state index contributed by atoms with van der Waals surface area (Å²) in [7, 11) is 0. The minimum Gasteiger partial charge on any atom is -0.361 e. The fourth-order valence-corrected chi connectivity index (χ4v) is 2.31. The van der Waals surface area contributed by atoms with Gasteiger partial charge in [0.15, 0.2) is 0 Å². The Morgan fingerprint density at radius 2 is 2.15 bits per heavy atom. The molecule has 0 saturated heterocycles. The van der Waals surface area contributed by atoms with Crippen LogP contribution in [0.2, 0.25) is 0 Å². The number of nitrogens with two attached hydrogens (primary N) is 1. The maximum Gasteiger partial charge on any atom is 0.237 e. The van der Waals surface area contributed by atoms with E-state index in [1.165, 1.54) is 0 Å². The third-order valence-corrected chi connectivity index (χ3v) is 3.66. The molecule has 1 amide bonds. The number of carbonyl (C=O) groups is 1. The van der Waals surface area contributed by atoms with Crippen LogP contribution in [0.1, 0.15) is 37.3 Å². The molecule has 1 aromatic rings. The quantitative estimate of drug-likeness (QED) is 0.764. The molecule has 0 aliphatic carbocycles. The Hall–Kier alpha value is -0.720. The number of thioether (sulfide) groups is 1.